The fourth-order valence-corrected chi connectivity index (χ4v) is 3.33. The minimum Gasteiger partial charge on any atom is -0.378 e. The quantitative estimate of drug-likeness (QED) is 0.527. The minimum absolute atomic E-state index is 0.0675. The monoisotopic (exact) mass is 362 g/mol. The molecule has 0 N–H and O–H groups in total. The molecule has 0 saturated heterocycles. The second-order valence-electron chi connectivity index (χ2n) is 6.76. The fourth-order valence-electron chi connectivity index (χ4n) is 3.33. The van der Waals surface area contributed by atoms with Gasteiger partial charge in [-0.3, -0.25) is 19.5 Å². The first-order valence-electron chi connectivity index (χ1n) is 8.61. The lowest BCUT2D eigenvalue weighted by Crippen LogP contribution is -2.20. The molecule has 0 atom stereocenters. The van der Waals surface area contributed by atoms with Gasteiger partial charge in [-0.25, -0.2) is 4.98 Å². The van der Waals surface area contributed by atoms with Crippen LogP contribution in [-0.2, 0) is 6.54 Å². The Balaban J connectivity index is 1.81. The summed E-state index contributed by atoms with van der Waals surface area (Å²) in [5, 5.41) is 11.4. The van der Waals surface area contributed by atoms with E-state index in [1.807, 2.05) is 49.3 Å². The first kappa shape index (κ1) is 17.0. The molecular formula is C20H18N4O3. The number of aromatic nitrogens is 2. The molecule has 1 aliphatic rings. The Labute approximate surface area is 155 Å². The van der Waals surface area contributed by atoms with Crippen LogP contribution in [0.1, 0.15) is 17.8 Å². The molecule has 2 heterocycles. The summed E-state index contributed by atoms with van der Waals surface area (Å²) in [6, 6.07) is 12.3. The molecular weight excluding hydrogens is 344 g/mol. The number of nitro benzene ring substituents is 1. The van der Waals surface area contributed by atoms with Gasteiger partial charge in [0.25, 0.3) is 11.2 Å². The summed E-state index contributed by atoms with van der Waals surface area (Å²) in [6.45, 7) is 0.565. The second kappa shape index (κ2) is 6.35. The molecule has 4 rings (SSSR count). The van der Waals surface area contributed by atoms with Crippen LogP contribution in [0.2, 0.25) is 0 Å². The smallest absolute Gasteiger partial charge is 0.271 e. The Morgan fingerprint density at radius 1 is 1.19 bits per heavy atom. The van der Waals surface area contributed by atoms with Crippen molar-refractivity contribution in [1.29, 1.82) is 0 Å². The number of allylic oxidation sites excluding steroid dienone is 1. The van der Waals surface area contributed by atoms with Crippen molar-refractivity contribution in [2.75, 3.05) is 19.0 Å². The standard InChI is InChI=1S/C20H18N4O3/c1-22(2)15-5-3-13(4-6-15)11-14-9-10-23-19(14)21-18-12-16(24(26)27)7-8-17(18)20(23)25/h3-8,11-12H,9-10H2,1-2H3/b14-11+. The normalized spacial score (nSPS) is 14.5. The van der Waals surface area contributed by atoms with Crippen LogP contribution in [0, 0.1) is 10.1 Å². The molecule has 0 unspecified atom stereocenters. The molecule has 3 aromatic rings. The highest BCUT2D eigenvalue weighted by atomic mass is 16.6. The Morgan fingerprint density at radius 2 is 1.93 bits per heavy atom. The Hall–Kier alpha value is -3.48. The Kier molecular flexibility index (Phi) is 3.99. The van der Waals surface area contributed by atoms with Crippen molar-refractivity contribution in [1.82, 2.24) is 9.55 Å². The summed E-state index contributed by atoms with van der Waals surface area (Å²) in [6.07, 6.45) is 2.73. The van der Waals surface area contributed by atoms with Crippen molar-refractivity contribution in [3.63, 3.8) is 0 Å². The molecule has 0 aliphatic carbocycles. The van der Waals surface area contributed by atoms with E-state index >= 15 is 0 Å². The predicted molar refractivity (Wildman–Crippen MR) is 106 cm³/mol. The molecule has 0 amide bonds. The van der Waals surface area contributed by atoms with E-state index in [0.29, 0.717) is 29.7 Å². The van der Waals surface area contributed by atoms with Crippen LogP contribution in [0.3, 0.4) is 0 Å². The summed E-state index contributed by atoms with van der Waals surface area (Å²) < 4.78 is 1.65. The summed E-state index contributed by atoms with van der Waals surface area (Å²) >= 11 is 0. The van der Waals surface area contributed by atoms with Crippen molar-refractivity contribution in [2.45, 2.75) is 13.0 Å². The number of nitro groups is 1. The average Bonchev–Trinajstić information content (AvgIpc) is 3.05. The van der Waals surface area contributed by atoms with Crippen LogP contribution >= 0.6 is 0 Å². The van der Waals surface area contributed by atoms with E-state index in [2.05, 4.69) is 4.98 Å². The zero-order chi connectivity index (χ0) is 19.1. The van der Waals surface area contributed by atoms with Crippen LogP contribution in [0.5, 0.6) is 0 Å². The van der Waals surface area contributed by atoms with Crippen LogP contribution in [0.4, 0.5) is 11.4 Å². The maximum Gasteiger partial charge on any atom is 0.271 e. The molecule has 0 fully saturated rings. The molecule has 1 aromatic heterocycles. The first-order valence-corrected chi connectivity index (χ1v) is 8.61. The molecule has 27 heavy (non-hydrogen) atoms. The first-order chi connectivity index (χ1) is 12.9. The van der Waals surface area contributed by atoms with Crippen molar-refractivity contribution >= 4 is 33.9 Å². The van der Waals surface area contributed by atoms with E-state index in [0.717, 1.165) is 16.8 Å². The van der Waals surface area contributed by atoms with Gasteiger partial charge in [0.2, 0.25) is 0 Å². The number of anilines is 1. The molecule has 2 aromatic carbocycles. The predicted octanol–water partition coefficient (Wildman–Crippen LogP) is 3.32. The number of non-ortho nitro benzene ring substituents is 1. The minimum atomic E-state index is -0.477. The summed E-state index contributed by atoms with van der Waals surface area (Å²) in [7, 11) is 3.97. The fraction of sp³-hybridized carbons (Fsp3) is 0.200. The molecule has 0 bridgehead atoms. The summed E-state index contributed by atoms with van der Waals surface area (Å²) in [5.74, 6) is 0.588. The van der Waals surface area contributed by atoms with Crippen LogP contribution in [0.15, 0.2) is 47.3 Å². The van der Waals surface area contributed by atoms with Gasteiger partial charge in [0, 0.05) is 38.5 Å². The third-order valence-electron chi connectivity index (χ3n) is 4.79. The Morgan fingerprint density at radius 3 is 2.59 bits per heavy atom. The highest BCUT2D eigenvalue weighted by Crippen LogP contribution is 2.28. The lowest BCUT2D eigenvalue weighted by atomic mass is 10.1. The number of hydrogen-bond acceptors (Lipinski definition) is 5. The van der Waals surface area contributed by atoms with Gasteiger partial charge in [0.15, 0.2) is 0 Å². The number of fused-ring (bicyclic) bond motifs is 2. The van der Waals surface area contributed by atoms with Crippen molar-refractivity contribution in [3.05, 3.63) is 74.3 Å². The molecule has 1 aliphatic heterocycles. The number of benzene rings is 2. The van der Waals surface area contributed by atoms with E-state index in [4.69, 9.17) is 0 Å². The van der Waals surface area contributed by atoms with Crippen molar-refractivity contribution in [3.8, 4) is 0 Å². The van der Waals surface area contributed by atoms with Crippen LogP contribution in [0.25, 0.3) is 22.6 Å². The molecule has 7 heteroatoms. The molecule has 0 spiro atoms. The van der Waals surface area contributed by atoms with Crippen LogP contribution < -0.4 is 10.5 Å². The van der Waals surface area contributed by atoms with E-state index in [-0.39, 0.29) is 11.2 Å². The zero-order valence-corrected chi connectivity index (χ0v) is 15.0. The number of nitrogens with zero attached hydrogens (tertiary/aromatic N) is 4. The van der Waals surface area contributed by atoms with Gasteiger partial charge in [0.1, 0.15) is 5.82 Å². The van der Waals surface area contributed by atoms with Crippen molar-refractivity contribution < 1.29 is 4.92 Å². The summed E-state index contributed by atoms with van der Waals surface area (Å²) in [4.78, 5) is 29.9. The lowest BCUT2D eigenvalue weighted by molar-refractivity contribution is -0.384. The van der Waals surface area contributed by atoms with Crippen molar-refractivity contribution in [2.24, 2.45) is 0 Å². The van der Waals surface area contributed by atoms with E-state index in [1.54, 1.807) is 4.57 Å². The van der Waals surface area contributed by atoms with Gasteiger partial charge >= 0.3 is 0 Å². The van der Waals surface area contributed by atoms with Gasteiger partial charge in [-0.1, -0.05) is 12.1 Å². The highest BCUT2D eigenvalue weighted by molar-refractivity contribution is 5.85. The summed E-state index contributed by atoms with van der Waals surface area (Å²) in [5.41, 5.74) is 3.22. The third-order valence-corrected chi connectivity index (χ3v) is 4.79. The topological polar surface area (TPSA) is 81.3 Å². The van der Waals surface area contributed by atoms with E-state index in [9.17, 15) is 14.9 Å². The van der Waals surface area contributed by atoms with E-state index in [1.165, 1.54) is 18.2 Å². The van der Waals surface area contributed by atoms with Crippen LogP contribution in [-0.4, -0.2) is 28.6 Å². The number of hydrogen-bond donors (Lipinski definition) is 0. The van der Waals surface area contributed by atoms with Gasteiger partial charge in [0.05, 0.1) is 15.8 Å². The van der Waals surface area contributed by atoms with Gasteiger partial charge in [-0.2, -0.15) is 0 Å². The SMILES string of the molecule is CN(C)c1ccc(/C=C2\CCn3c2nc2cc([N+](=O)[O-])ccc2c3=O)cc1. The molecule has 7 nitrogen and oxygen atoms in total. The maximum absolute atomic E-state index is 12.7. The Bertz CT molecular complexity index is 1140. The highest BCUT2D eigenvalue weighted by Gasteiger charge is 2.21. The zero-order valence-electron chi connectivity index (χ0n) is 15.0. The average molecular weight is 362 g/mol. The molecule has 0 radical (unpaired) electrons. The molecule has 0 saturated carbocycles. The second-order valence-corrected chi connectivity index (χ2v) is 6.76. The largest absolute Gasteiger partial charge is 0.378 e. The van der Waals surface area contributed by atoms with Gasteiger partial charge in [-0.15, -0.1) is 0 Å². The van der Waals surface area contributed by atoms with Gasteiger partial charge < -0.3 is 4.90 Å². The maximum atomic E-state index is 12.7. The number of rotatable bonds is 3. The lowest BCUT2D eigenvalue weighted by Gasteiger charge is -2.12. The van der Waals surface area contributed by atoms with Gasteiger partial charge in [-0.05, 0) is 41.8 Å². The molecule has 136 valence electrons. The van der Waals surface area contributed by atoms with E-state index < -0.39 is 4.92 Å². The third kappa shape index (κ3) is 2.97.